The minimum Gasteiger partial charge on any atom is -0.395 e. The van der Waals surface area contributed by atoms with Crippen LogP contribution in [0, 0.1) is 19.8 Å². The lowest BCUT2D eigenvalue weighted by atomic mass is 10.0. The fourth-order valence-electron chi connectivity index (χ4n) is 4.28. The van der Waals surface area contributed by atoms with Crippen molar-refractivity contribution in [1.82, 2.24) is 4.90 Å². The molecule has 2 aromatic carbocycles. The standard InChI is InChI=1S/C25H36N2O5S/c1-18(2)16-27(23-9-8-19(3)14-20(23)4)33(30,31)22-7-5-6-21(15-22)25(29)24(17-28)26-10-12-32-13-11-26/h5-9,14-15,18,24-25,28-29H,10-13,16-17H2,1-4H3. The normalized spacial score (nSPS) is 17.2. The highest BCUT2D eigenvalue weighted by Gasteiger charge is 2.31. The summed E-state index contributed by atoms with van der Waals surface area (Å²) in [4.78, 5) is 2.11. The van der Waals surface area contributed by atoms with Crippen molar-refractivity contribution in [3.8, 4) is 0 Å². The second-order valence-electron chi connectivity index (χ2n) is 9.14. The zero-order valence-electron chi connectivity index (χ0n) is 19.9. The number of aliphatic hydroxyl groups is 2. The zero-order valence-corrected chi connectivity index (χ0v) is 20.8. The number of hydrogen-bond donors (Lipinski definition) is 2. The molecule has 0 bridgehead atoms. The van der Waals surface area contributed by atoms with Crippen LogP contribution in [0.2, 0.25) is 0 Å². The molecule has 3 rings (SSSR count). The van der Waals surface area contributed by atoms with Crippen molar-refractivity contribution >= 4 is 15.7 Å². The SMILES string of the molecule is Cc1ccc(N(CC(C)C)S(=O)(=O)c2cccc(C(O)C(CO)N3CCOCC3)c2)c(C)c1. The third-order valence-electron chi connectivity index (χ3n) is 6.01. The van der Waals surface area contributed by atoms with E-state index in [-0.39, 0.29) is 17.4 Å². The Labute approximate surface area is 197 Å². The number of rotatable bonds is 9. The van der Waals surface area contributed by atoms with Crippen LogP contribution in [0.25, 0.3) is 0 Å². The molecule has 1 aliphatic rings. The first-order valence-corrected chi connectivity index (χ1v) is 12.9. The van der Waals surface area contributed by atoms with Gasteiger partial charge >= 0.3 is 0 Å². The average molecular weight is 477 g/mol. The van der Waals surface area contributed by atoms with Crippen LogP contribution < -0.4 is 4.31 Å². The summed E-state index contributed by atoms with van der Waals surface area (Å²) in [6.45, 7) is 10.3. The molecule has 2 unspecified atom stereocenters. The highest BCUT2D eigenvalue weighted by Crippen LogP contribution is 2.30. The summed E-state index contributed by atoms with van der Waals surface area (Å²) in [7, 11) is -3.87. The molecule has 0 radical (unpaired) electrons. The topological polar surface area (TPSA) is 90.3 Å². The van der Waals surface area contributed by atoms with Crippen LogP contribution in [0.4, 0.5) is 5.69 Å². The number of nitrogens with zero attached hydrogens (tertiary/aromatic N) is 2. The summed E-state index contributed by atoms with van der Waals surface area (Å²) in [6, 6.07) is 11.7. The molecule has 0 amide bonds. The second kappa shape index (κ2) is 11.0. The fourth-order valence-corrected chi connectivity index (χ4v) is 6.02. The summed E-state index contributed by atoms with van der Waals surface area (Å²) in [5.41, 5.74) is 3.08. The quantitative estimate of drug-likeness (QED) is 0.578. The summed E-state index contributed by atoms with van der Waals surface area (Å²) in [6.07, 6.45) is -1.03. The fraction of sp³-hybridized carbons (Fsp3) is 0.520. The third kappa shape index (κ3) is 5.94. The van der Waals surface area contributed by atoms with Crippen molar-refractivity contribution in [2.24, 2.45) is 5.92 Å². The monoisotopic (exact) mass is 476 g/mol. The molecule has 182 valence electrons. The van der Waals surface area contributed by atoms with E-state index in [9.17, 15) is 18.6 Å². The Morgan fingerprint density at radius 3 is 2.39 bits per heavy atom. The van der Waals surface area contributed by atoms with Crippen molar-refractivity contribution in [2.45, 2.75) is 44.7 Å². The van der Waals surface area contributed by atoms with Crippen molar-refractivity contribution in [3.05, 3.63) is 59.2 Å². The Balaban J connectivity index is 1.97. The van der Waals surface area contributed by atoms with Crippen molar-refractivity contribution in [2.75, 3.05) is 43.8 Å². The van der Waals surface area contributed by atoms with Gasteiger partial charge in [0, 0.05) is 19.6 Å². The van der Waals surface area contributed by atoms with Crippen LogP contribution in [0.5, 0.6) is 0 Å². The van der Waals surface area contributed by atoms with Gasteiger partial charge < -0.3 is 14.9 Å². The molecule has 1 heterocycles. The number of hydrogen-bond acceptors (Lipinski definition) is 6. The maximum Gasteiger partial charge on any atom is 0.264 e. The second-order valence-corrected chi connectivity index (χ2v) is 11.0. The van der Waals surface area contributed by atoms with Gasteiger partial charge in [0.05, 0.1) is 42.5 Å². The summed E-state index contributed by atoms with van der Waals surface area (Å²) in [5, 5.41) is 21.0. The van der Waals surface area contributed by atoms with E-state index in [1.165, 1.54) is 10.4 Å². The first kappa shape index (κ1) is 25.6. The minimum absolute atomic E-state index is 0.120. The largest absolute Gasteiger partial charge is 0.395 e. The number of sulfonamides is 1. The van der Waals surface area contributed by atoms with Crippen LogP contribution >= 0.6 is 0 Å². The number of ether oxygens (including phenoxy) is 1. The molecule has 2 atom stereocenters. The number of aryl methyl sites for hydroxylation is 2. The number of morpholine rings is 1. The Morgan fingerprint density at radius 2 is 1.79 bits per heavy atom. The Kier molecular flexibility index (Phi) is 8.53. The van der Waals surface area contributed by atoms with Crippen LogP contribution in [-0.2, 0) is 14.8 Å². The number of aliphatic hydroxyl groups excluding tert-OH is 2. The van der Waals surface area contributed by atoms with Crippen molar-refractivity contribution in [3.63, 3.8) is 0 Å². The third-order valence-corrected chi connectivity index (χ3v) is 7.78. The van der Waals surface area contributed by atoms with Gasteiger partial charge in [-0.25, -0.2) is 8.42 Å². The number of benzene rings is 2. The molecule has 8 heteroatoms. The predicted octanol–water partition coefficient (Wildman–Crippen LogP) is 2.88. The average Bonchev–Trinajstić information content (AvgIpc) is 2.79. The molecule has 2 aromatic rings. The van der Waals surface area contributed by atoms with Crippen LogP contribution in [0.1, 0.15) is 36.6 Å². The van der Waals surface area contributed by atoms with E-state index in [2.05, 4.69) is 0 Å². The van der Waals surface area contributed by atoms with Gasteiger partial charge in [-0.15, -0.1) is 0 Å². The van der Waals surface area contributed by atoms with Crippen LogP contribution in [0.3, 0.4) is 0 Å². The summed E-state index contributed by atoms with van der Waals surface area (Å²) >= 11 is 0. The van der Waals surface area contributed by atoms with E-state index in [0.717, 1.165) is 11.1 Å². The van der Waals surface area contributed by atoms with Gasteiger partial charge in [-0.3, -0.25) is 9.21 Å². The molecule has 2 N–H and O–H groups in total. The number of anilines is 1. The van der Waals surface area contributed by atoms with E-state index in [1.54, 1.807) is 18.2 Å². The molecule has 33 heavy (non-hydrogen) atoms. The first-order chi connectivity index (χ1) is 15.6. The van der Waals surface area contributed by atoms with Gasteiger partial charge in [-0.1, -0.05) is 43.7 Å². The molecular formula is C25H36N2O5S. The van der Waals surface area contributed by atoms with Crippen molar-refractivity contribution in [1.29, 1.82) is 0 Å². The molecule has 1 aliphatic heterocycles. The first-order valence-electron chi connectivity index (χ1n) is 11.5. The van der Waals surface area contributed by atoms with Gasteiger partial charge in [-0.2, -0.15) is 0 Å². The van der Waals surface area contributed by atoms with Crippen LogP contribution in [-0.4, -0.2) is 69.0 Å². The molecule has 0 aliphatic carbocycles. The van der Waals surface area contributed by atoms with Crippen LogP contribution in [0.15, 0.2) is 47.4 Å². The van der Waals surface area contributed by atoms with Gasteiger partial charge in [0.1, 0.15) is 0 Å². The molecule has 7 nitrogen and oxygen atoms in total. The van der Waals surface area contributed by atoms with E-state index < -0.39 is 22.2 Å². The lowest BCUT2D eigenvalue weighted by Crippen LogP contribution is -2.48. The summed E-state index contributed by atoms with van der Waals surface area (Å²) < 4.78 is 34.4. The minimum atomic E-state index is -3.87. The maximum atomic E-state index is 13.8. The lowest BCUT2D eigenvalue weighted by molar-refractivity contribution is -0.0397. The molecule has 1 fully saturated rings. The smallest absolute Gasteiger partial charge is 0.264 e. The lowest BCUT2D eigenvalue weighted by Gasteiger charge is -2.36. The van der Waals surface area contributed by atoms with Crippen molar-refractivity contribution < 1.29 is 23.4 Å². The predicted molar refractivity (Wildman–Crippen MR) is 130 cm³/mol. The Hall–Kier alpha value is -1.97. The highest BCUT2D eigenvalue weighted by atomic mass is 32.2. The highest BCUT2D eigenvalue weighted by molar-refractivity contribution is 7.92. The zero-order chi connectivity index (χ0) is 24.2. The van der Waals surface area contributed by atoms with Gasteiger partial charge in [0.2, 0.25) is 0 Å². The Bertz CT molecular complexity index is 1030. The maximum absolute atomic E-state index is 13.8. The van der Waals surface area contributed by atoms with Gasteiger partial charge in [0.15, 0.2) is 0 Å². The molecule has 0 saturated carbocycles. The van der Waals surface area contributed by atoms with Gasteiger partial charge in [0.25, 0.3) is 10.0 Å². The van der Waals surface area contributed by atoms with E-state index in [0.29, 0.717) is 44.1 Å². The molecule has 0 aromatic heterocycles. The van der Waals surface area contributed by atoms with Gasteiger partial charge in [-0.05, 0) is 49.1 Å². The molecule has 1 saturated heterocycles. The molecule has 0 spiro atoms. The molecular weight excluding hydrogens is 440 g/mol. The van der Waals surface area contributed by atoms with E-state index in [4.69, 9.17) is 4.74 Å². The summed E-state index contributed by atoms with van der Waals surface area (Å²) in [5.74, 6) is 0.120. The Morgan fingerprint density at radius 1 is 1.09 bits per heavy atom. The van der Waals surface area contributed by atoms with E-state index >= 15 is 0 Å². The van der Waals surface area contributed by atoms with E-state index in [1.807, 2.05) is 50.8 Å².